The monoisotopic (exact) mass is 327 g/mol. The van der Waals surface area contributed by atoms with Crippen molar-refractivity contribution in [1.82, 2.24) is 10.3 Å². The molecule has 0 aliphatic carbocycles. The van der Waals surface area contributed by atoms with Crippen LogP contribution in [-0.2, 0) is 16.1 Å². The fourth-order valence-corrected chi connectivity index (χ4v) is 2.32. The molecule has 0 aliphatic rings. The summed E-state index contributed by atoms with van der Waals surface area (Å²) < 4.78 is 0. The molecule has 2 aromatic rings. The van der Waals surface area contributed by atoms with Crippen LogP contribution in [0.1, 0.15) is 26.3 Å². The molecule has 0 radical (unpaired) electrons. The van der Waals surface area contributed by atoms with Crippen LogP contribution in [0.5, 0.6) is 0 Å². The Balaban J connectivity index is 2.10. The number of hydrogen-bond acceptors (Lipinski definition) is 4. The van der Waals surface area contributed by atoms with Gasteiger partial charge >= 0.3 is 0 Å². The summed E-state index contributed by atoms with van der Waals surface area (Å²) in [6.45, 7) is 5.07. The van der Waals surface area contributed by atoms with E-state index in [1.807, 2.05) is 42.5 Å². The quantitative estimate of drug-likeness (QED) is 0.654. The molecule has 1 unspecified atom stereocenters. The maximum atomic E-state index is 12.3. The van der Waals surface area contributed by atoms with Crippen molar-refractivity contribution in [2.45, 2.75) is 33.4 Å². The molecule has 126 valence electrons. The number of nitrogens with zero attached hydrogens (tertiary/aromatic N) is 2. The van der Waals surface area contributed by atoms with E-state index in [1.54, 1.807) is 20.8 Å². The minimum atomic E-state index is -0.807. The van der Waals surface area contributed by atoms with E-state index in [-0.39, 0.29) is 18.4 Å². The Kier molecular flexibility index (Phi) is 5.63. The second-order valence-electron chi connectivity index (χ2n) is 6.04. The third kappa shape index (κ3) is 4.16. The number of carbonyl (C=O) groups excluding carboxylic acids is 2. The van der Waals surface area contributed by atoms with Gasteiger partial charge in [0.1, 0.15) is 6.04 Å². The number of rotatable bonds is 6. The summed E-state index contributed by atoms with van der Waals surface area (Å²) >= 11 is 0. The molecule has 2 amide bonds. The van der Waals surface area contributed by atoms with Crippen LogP contribution in [0, 0.1) is 10.8 Å². The molecule has 0 saturated carbocycles. The van der Waals surface area contributed by atoms with E-state index in [0.29, 0.717) is 0 Å². The highest BCUT2D eigenvalue weighted by atomic mass is 16.3. The summed E-state index contributed by atoms with van der Waals surface area (Å²) in [4.78, 5) is 35.1. The molecule has 2 rings (SSSR count). The predicted molar refractivity (Wildman–Crippen MR) is 92.7 cm³/mol. The number of benzene rings is 2. The number of amides is 2. The molecule has 24 heavy (non-hydrogen) atoms. The maximum Gasteiger partial charge on any atom is 0.267 e. The third-order valence-corrected chi connectivity index (χ3v) is 3.75. The molecule has 1 atom stereocenters. The van der Waals surface area contributed by atoms with Crippen LogP contribution < -0.4 is 5.32 Å². The van der Waals surface area contributed by atoms with Crippen molar-refractivity contribution in [3.63, 3.8) is 0 Å². The molecule has 0 aromatic heterocycles. The maximum absolute atomic E-state index is 12.3. The molecule has 6 nitrogen and oxygen atoms in total. The number of fused-ring (bicyclic) bond motifs is 1. The van der Waals surface area contributed by atoms with Crippen LogP contribution in [-0.4, -0.2) is 22.9 Å². The van der Waals surface area contributed by atoms with Gasteiger partial charge in [-0.25, -0.2) is 0 Å². The summed E-state index contributed by atoms with van der Waals surface area (Å²) in [7, 11) is 0. The zero-order chi connectivity index (χ0) is 17.7. The van der Waals surface area contributed by atoms with E-state index in [9.17, 15) is 14.5 Å². The fourth-order valence-electron chi connectivity index (χ4n) is 2.32. The van der Waals surface area contributed by atoms with Crippen molar-refractivity contribution < 1.29 is 9.59 Å². The number of hydrogen-bond donors (Lipinski definition) is 1. The first kappa shape index (κ1) is 17.6. The van der Waals surface area contributed by atoms with Gasteiger partial charge in [-0.2, -0.15) is 5.01 Å². The van der Waals surface area contributed by atoms with Crippen molar-refractivity contribution >= 4 is 22.6 Å². The summed E-state index contributed by atoms with van der Waals surface area (Å²) in [5, 5.41) is 8.34. The molecule has 0 bridgehead atoms. The lowest BCUT2D eigenvalue weighted by Gasteiger charge is -2.20. The van der Waals surface area contributed by atoms with Crippen molar-refractivity contribution in [2.24, 2.45) is 11.2 Å². The Morgan fingerprint density at radius 1 is 1.08 bits per heavy atom. The van der Waals surface area contributed by atoms with Gasteiger partial charge in [-0.1, -0.05) is 50.2 Å². The lowest BCUT2D eigenvalue weighted by molar-refractivity contribution is -0.137. The van der Waals surface area contributed by atoms with Crippen molar-refractivity contribution in [3.05, 3.63) is 52.9 Å². The van der Waals surface area contributed by atoms with Crippen LogP contribution in [0.4, 0.5) is 0 Å². The highest BCUT2D eigenvalue weighted by molar-refractivity contribution is 5.88. The Hall–Kier alpha value is -2.76. The zero-order valence-electron chi connectivity index (χ0n) is 14.0. The number of nitrogens with one attached hydrogen (secondary N) is 1. The fraction of sp³-hybridized carbons (Fsp3) is 0.333. The molecule has 0 aliphatic heterocycles. The van der Waals surface area contributed by atoms with E-state index in [2.05, 4.69) is 10.6 Å². The van der Waals surface area contributed by atoms with E-state index >= 15 is 0 Å². The van der Waals surface area contributed by atoms with Gasteiger partial charge in [-0.3, -0.25) is 9.59 Å². The summed E-state index contributed by atoms with van der Waals surface area (Å²) in [5.41, 5.74) is 0.795. The number of carbonyl (C=O) groups is 2. The number of nitroso groups, excluding NO2 is 1. The standard InChI is InChI=1S/C18H21N3O3/c1-12(2)17(22)19-13(3)18(23)21(20-24)11-14-8-9-15-6-4-5-7-16(15)10-14/h4-10,12-13H,11H2,1-3H3,(H,19,22). The Morgan fingerprint density at radius 2 is 1.75 bits per heavy atom. The average molecular weight is 327 g/mol. The van der Waals surface area contributed by atoms with Gasteiger partial charge < -0.3 is 5.32 Å². The summed E-state index contributed by atoms with van der Waals surface area (Å²) in [6, 6.07) is 12.7. The second kappa shape index (κ2) is 7.68. The van der Waals surface area contributed by atoms with Gasteiger partial charge in [-0.15, -0.1) is 4.91 Å². The van der Waals surface area contributed by atoms with Gasteiger partial charge in [0.2, 0.25) is 5.91 Å². The normalized spacial score (nSPS) is 12.0. The topological polar surface area (TPSA) is 78.8 Å². The first-order valence-corrected chi connectivity index (χ1v) is 7.85. The molecule has 0 spiro atoms. The van der Waals surface area contributed by atoms with Crippen molar-refractivity contribution in [2.75, 3.05) is 0 Å². The van der Waals surface area contributed by atoms with Gasteiger partial charge in [-0.05, 0) is 29.3 Å². The molecular formula is C18H21N3O3. The highest BCUT2D eigenvalue weighted by Gasteiger charge is 2.24. The van der Waals surface area contributed by atoms with Crippen LogP contribution in [0.2, 0.25) is 0 Å². The molecule has 0 fully saturated rings. The van der Waals surface area contributed by atoms with Crippen molar-refractivity contribution in [1.29, 1.82) is 0 Å². The Labute approximate surface area is 140 Å². The van der Waals surface area contributed by atoms with E-state index in [1.165, 1.54) is 0 Å². The van der Waals surface area contributed by atoms with Crippen LogP contribution in [0.25, 0.3) is 10.8 Å². The van der Waals surface area contributed by atoms with Gasteiger partial charge in [0.25, 0.3) is 5.91 Å². The first-order valence-electron chi connectivity index (χ1n) is 7.85. The predicted octanol–water partition coefficient (Wildman–Crippen LogP) is 3.01. The minimum absolute atomic E-state index is 0.0645. The van der Waals surface area contributed by atoms with Crippen LogP contribution in [0.15, 0.2) is 47.8 Å². The van der Waals surface area contributed by atoms with E-state index in [4.69, 9.17) is 0 Å². The third-order valence-electron chi connectivity index (χ3n) is 3.75. The lowest BCUT2D eigenvalue weighted by atomic mass is 10.1. The average Bonchev–Trinajstić information content (AvgIpc) is 2.58. The largest absolute Gasteiger partial charge is 0.344 e. The molecule has 2 aromatic carbocycles. The molecule has 6 heteroatoms. The molecular weight excluding hydrogens is 306 g/mol. The molecule has 0 saturated heterocycles. The van der Waals surface area contributed by atoms with Crippen molar-refractivity contribution in [3.8, 4) is 0 Å². The second-order valence-corrected chi connectivity index (χ2v) is 6.04. The Morgan fingerprint density at radius 3 is 2.38 bits per heavy atom. The summed E-state index contributed by atoms with van der Waals surface area (Å²) in [5.74, 6) is -1.02. The van der Waals surface area contributed by atoms with E-state index in [0.717, 1.165) is 21.3 Å². The van der Waals surface area contributed by atoms with Gasteiger partial charge in [0.15, 0.2) is 0 Å². The SMILES string of the molecule is CC(C)C(=O)NC(C)C(=O)N(Cc1ccc2ccccc2c1)N=O. The van der Waals surface area contributed by atoms with Gasteiger partial charge in [0, 0.05) is 5.92 Å². The smallest absolute Gasteiger partial charge is 0.267 e. The summed E-state index contributed by atoms with van der Waals surface area (Å²) in [6.07, 6.45) is 0. The van der Waals surface area contributed by atoms with Gasteiger partial charge in [0.05, 0.1) is 11.8 Å². The minimum Gasteiger partial charge on any atom is -0.344 e. The Bertz CT molecular complexity index is 758. The zero-order valence-corrected chi connectivity index (χ0v) is 14.0. The lowest BCUT2D eigenvalue weighted by Crippen LogP contribution is -2.46. The van der Waals surface area contributed by atoms with E-state index < -0.39 is 11.9 Å². The molecule has 1 N–H and O–H groups in total. The highest BCUT2D eigenvalue weighted by Crippen LogP contribution is 2.17. The first-order chi connectivity index (χ1) is 11.4. The van der Waals surface area contributed by atoms with Crippen LogP contribution in [0.3, 0.4) is 0 Å². The molecule has 0 heterocycles. The van der Waals surface area contributed by atoms with Crippen LogP contribution >= 0.6 is 0 Å².